The van der Waals surface area contributed by atoms with Crippen LogP contribution in [0.25, 0.3) is 0 Å². The molecule has 0 N–H and O–H groups in total. The van der Waals surface area contributed by atoms with Crippen molar-refractivity contribution in [3.63, 3.8) is 0 Å². The lowest BCUT2D eigenvalue weighted by Crippen LogP contribution is -2.63. The standard InChI is InChI=1S/C43H80O9Si3/c1-27-23-28(2)43-32(30(24-45-12)39(44)48-35(27)33(26-47-14)50-53(15,16)40(3,4)5)22-21-29-34(43)36(51-54(17,18)41(6,7)8)31(25-46-13)38(37(29)49-43)52-55(19,20)42(9,10)11/h21-23,27,29-38H,24-26H2,1-20H3/b28-23-/t27-,29?,30-,31-,32-,33+,34?,35+,36-,37-,38-,43+/m1/s1. The monoisotopic (exact) mass is 825 g/mol. The third-order valence-electron chi connectivity index (χ3n) is 14.9. The summed E-state index contributed by atoms with van der Waals surface area (Å²) >= 11 is 0. The van der Waals surface area contributed by atoms with E-state index in [1.54, 1.807) is 21.3 Å². The molecule has 2 aliphatic carbocycles. The van der Waals surface area contributed by atoms with Crippen molar-refractivity contribution in [2.45, 2.75) is 167 Å². The summed E-state index contributed by atoms with van der Waals surface area (Å²) in [4.78, 5) is 14.9. The summed E-state index contributed by atoms with van der Waals surface area (Å²) in [5.74, 6) is -1.65. The van der Waals surface area contributed by atoms with Crippen LogP contribution in [0.3, 0.4) is 0 Å². The quantitative estimate of drug-likeness (QED) is 0.102. The van der Waals surface area contributed by atoms with Gasteiger partial charge in [-0.05, 0) is 66.9 Å². The average molecular weight is 825 g/mol. The third kappa shape index (κ3) is 8.80. The highest BCUT2D eigenvalue weighted by Gasteiger charge is 2.72. The Balaban J connectivity index is 2.00. The summed E-state index contributed by atoms with van der Waals surface area (Å²) < 4.78 is 54.5. The highest BCUT2D eigenvalue weighted by Crippen LogP contribution is 2.64. The van der Waals surface area contributed by atoms with E-state index in [0.717, 1.165) is 5.57 Å². The molecule has 1 saturated heterocycles. The van der Waals surface area contributed by atoms with Crippen LogP contribution in [0.1, 0.15) is 76.2 Å². The Morgan fingerprint density at radius 2 is 1.29 bits per heavy atom. The van der Waals surface area contributed by atoms with Crippen LogP contribution in [0.4, 0.5) is 0 Å². The van der Waals surface area contributed by atoms with Gasteiger partial charge in [-0.2, -0.15) is 0 Å². The molecule has 1 spiro atoms. The molecule has 318 valence electrons. The Morgan fingerprint density at radius 1 is 0.764 bits per heavy atom. The predicted molar refractivity (Wildman–Crippen MR) is 229 cm³/mol. The summed E-state index contributed by atoms with van der Waals surface area (Å²) in [5, 5.41) is -0.0931. The number of hydrogen-bond donors (Lipinski definition) is 0. The van der Waals surface area contributed by atoms with Crippen LogP contribution in [0.2, 0.25) is 54.4 Å². The number of ether oxygens (including phenoxy) is 5. The van der Waals surface area contributed by atoms with Gasteiger partial charge in [0.15, 0.2) is 25.0 Å². The molecule has 4 aliphatic rings. The van der Waals surface area contributed by atoms with Crippen molar-refractivity contribution in [2.75, 3.05) is 41.2 Å². The smallest absolute Gasteiger partial charge is 0.312 e. The lowest BCUT2D eigenvalue weighted by atomic mass is 9.56. The molecular formula is C43H80O9Si3. The molecule has 0 radical (unpaired) electrons. The van der Waals surface area contributed by atoms with E-state index in [0.29, 0.717) is 13.2 Å². The minimum Gasteiger partial charge on any atom is -0.459 e. The molecule has 0 aromatic rings. The third-order valence-corrected chi connectivity index (χ3v) is 28.4. The molecule has 12 heteroatoms. The largest absolute Gasteiger partial charge is 0.459 e. The molecule has 2 fully saturated rings. The maximum atomic E-state index is 14.9. The Morgan fingerprint density at radius 3 is 1.78 bits per heavy atom. The Labute approximate surface area is 338 Å². The van der Waals surface area contributed by atoms with Crippen molar-refractivity contribution < 1.29 is 41.8 Å². The van der Waals surface area contributed by atoms with Gasteiger partial charge in [-0.3, -0.25) is 4.79 Å². The van der Waals surface area contributed by atoms with Crippen LogP contribution >= 0.6 is 0 Å². The Hall–Kier alpha value is -0.679. The van der Waals surface area contributed by atoms with Crippen LogP contribution in [0, 0.1) is 35.5 Å². The van der Waals surface area contributed by atoms with Crippen molar-refractivity contribution in [1.82, 2.24) is 0 Å². The molecule has 4 rings (SSSR count). The van der Waals surface area contributed by atoms with Gasteiger partial charge in [0.1, 0.15) is 17.8 Å². The number of methoxy groups -OCH3 is 3. The summed E-state index contributed by atoms with van der Waals surface area (Å²) in [5.41, 5.74) is 0.213. The highest BCUT2D eigenvalue weighted by molar-refractivity contribution is 6.75. The van der Waals surface area contributed by atoms with E-state index in [2.05, 4.69) is 134 Å². The fraction of sp³-hybridized carbons (Fsp3) is 0.884. The minimum atomic E-state index is -2.36. The fourth-order valence-electron chi connectivity index (χ4n) is 8.80. The minimum absolute atomic E-state index is 0.0153. The second-order valence-electron chi connectivity index (χ2n) is 21.7. The van der Waals surface area contributed by atoms with E-state index >= 15 is 0 Å². The molecule has 55 heavy (non-hydrogen) atoms. The van der Waals surface area contributed by atoms with Crippen molar-refractivity contribution in [3.05, 3.63) is 23.8 Å². The number of rotatable bonds is 13. The molecule has 9 nitrogen and oxygen atoms in total. The second kappa shape index (κ2) is 16.4. The molecule has 4 bridgehead atoms. The van der Waals surface area contributed by atoms with Crippen molar-refractivity contribution in [3.8, 4) is 0 Å². The first-order valence-electron chi connectivity index (χ1n) is 20.8. The van der Waals surface area contributed by atoms with Crippen LogP contribution in [0.5, 0.6) is 0 Å². The maximum absolute atomic E-state index is 14.9. The number of hydrogen-bond acceptors (Lipinski definition) is 9. The highest BCUT2D eigenvalue weighted by atomic mass is 28.4. The first kappa shape index (κ1) is 47.0. The molecule has 1 saturated carbocycles. The molecule has 2 heterocycles. The van der Waals surface area contributed by atoms with Crippen LogP contribution in [0.15, 0.2) is 23.8 Å². The van der Waals surface area contributed by atoms with Crippen molar-refractivity contribution in [2.24, 2.45) is 35.5 Å². The molecule has 0 aromatic heterocycles. The molecule has 12 atom stereocenters. The van der Waals surface area contributed by atoms with Gasteiger partial charge >= 0.3 is 5.97 Å². The number of carbonyl (C=O) groups excluding carboxylic acids is 1. The lowest BCUT2D eigenvalue weighted by Gasteiger charge is -2.54. The Bertz CT molecular complexity index is 1410. The van der Waals surface area contributed by atoms with Gasteiger partial charge in [0, 0.05) is 50.9 Å². The number of carbonyl (C=O) groups is 1. The Kier molecular flexibility index (Phi) is 14.0. The molecule has 0 amide bonds. The average Bonchev–Trinajstić information content (AvgIpc) is 3.21. The van der Waals surface area contributed by atoms with E-state index in [4.69, 9.17) is 37.0 Å². The summed E-state index contributed by atoms with van der Waals surface area (Å²) in [6.07, 6.45) is 5.05. The van der Waals surface area contributed by atoms with E-state index < -0.39 is 48.7 Å². The van der Waals surface area contributed by atoms with E-state index in [1.165, 1.54) is 0 Å². The fourth-order valence-corrected chi connectivity index (χ4v) is 12.8. The van der Waals surface area contributed by atoms with Gasteiger partial charge in [0.25, 0.3) is 0 Å². The topological polar surface area (TPSA) is 90.9 Å². The zero-order valence-electron chi connectivity index (χ0n) is 38.4. The van der Waals surface area contributed by atoms with Gasteiger partial charge in [0.05, 0.1) is 44.1 Å². The van der Waals surface area contributed by atoms with Crippen LogP contribution in [-0.2, 0) is 41.8 Å². The number of cyclic esters (lactones) is 1. The maximum Gasteiger partial charge on any atom is 0.312 e. The summed E-state index contributed by atoms with van der Waals surface area (Å²) in [6.45, 7) is 39.6. The zero-order chi connectivity index (χ0) is 41.9. The summed E-state index contributed by atoms with van der Waals surface area (Å²) in [7, 11) is -1.83. The molecule has 0 aromatic carbocycles. The first-order valence-corrected chi connectivity index (χ1v) is 29.5. The SMILES string of the molecule is COC[C@H]1[C@@H](O[Si](C)(C)C(C)(C)C)[C@@H]2O[C@@]34/C(C)=C\[C@@H](C)[C@@H]([C@H](COC)O[Si](C)(C)C(C)(C)C)OC(=O)[C@H](COC)[C@H]3C=CC2C4[C@@H]1O[Si](C)(C)C(C)(C)C. The van der Waals surface area contributed by atoms with Gasteiger partial charge in [-0.1, -0.05) is 87.5 Å². The van der Waals surface area contributed by atoms with E-state index in [9.17, 15) is 4.79 Å². The van der Waals surface area contributed by atoms with Crippen molar-refractivity contribution in [1.29, 1.82) is 0 Å². The van der Waals surface area contributed by atoms with E-state index in [1.807, 2.05) is 0 Å². The molecule has 2 aliphatic heterocycles. The van der Waals surface area contributed by atoms with Gasteiger partial charge in [0.2, 0.25) is 0 Å². The van der Waals surface area contributed by atoms with Gasteiger partial charge in [-0.25, -0.2) is 0 Å². The van der Waals surface area contributed by atoms with Gasteiger partial charge < -0.3 is 37.0 Å². The van der Waals surface area contributed by atoms with E-state index in [-0.39, 0.29) is 75.6 Å². The summed E-state index contributed by atoms with van der Waals surface area (Å²) in [6, 6.07) is 0. The molecular weight excluding hydrogens is 745 g/mol. The lowest BCUT2D eigenvalue weighted by molar-refractivity contribution is -0.172. The normalized spacial score (nSPS) is 36.3. The molecule has 2 unspecified atom stereocenters. The van der Waals surface area contributed by atoms with Crippen LogP contribution < -0.4 is 0 Å². The van der Waals surface area contributed by atoms with Gasteiger partial charge in [-0.15, -0.1) is 0 Å². The zero-order valence-corrected chi connectivity index (χ0v) is 41.4. The van der Waals surface area contributed by atoms with Crippen LogP contribution in [-0.4, -0.2) is 108 Å². The first-order chi connectivity index (χ1) is 25.0. The predicted octanol–water partition coefficient (Wildman–Crippen LogP) is 9.41. The number of esters is 1. The van der Waals surface area contributed by atoms with Crippen molar-refractivity contribution >= 4 is 30.9 Å². The second-order valence-corrected chi connectivity index (χ2v) is 36.0.